The second-order valence-corrected chi connectivity index (χ2v) is 8.66. The van der Waals surface area contributed by atoms with Gasteiger partial charge in [0, 0.05) is 42.5 Å². The van der Waals surface area contributed by atoms with Crippen LogP contribution < -0.4 is 0 Å². The minimum absolute atomic E-state index is 0.0355. The minimum atomic E-state index is -2.56. The summed E-state index contributed by atoms with van der Waals surface area (Å²) >= 11 is 0. The third kappa shape index (κ3) is 7.29. The number of rotatable bonds is 6. The van der Waals surface area contributed by atoms with Crippen LogP contribution in [0.15, 0.2) is 46.7 Å². The van der Waals surface area contributed by atoms with Gasteiger partial charge in [0.1, 0.15) is 5.60 Å². The zero-order chi connectivity index (χ0) is 23.1. The monoisotopic (exact) mass is 424 g/mol. The quantitative estimate of drug-likeness (QED) is 0.467. The van der Waals surface area contributed by atoms with Crippen molar-refractivity contribution in [2.45, 2.75) is 79.9 Å². The number of alkyl halides is 2. The number of allylic oxidation sites excluding steroid dienone is 8. The van der Waals surface area contributed by atoms with Gasteiger partial charge in [-0.15, -0.1) is 0 Å². The number of ether oxygens (including phenoxy) is 1. The van der Waals surface area contributed by atoms with E-state index in [1.165, 1.54) is 6.08 Å². The van der Waals surface area contributed by atoms with Crippen molar-refractivity contribution in [1.29, 1.82) is 0 Å². The number of hydrogen-bond acceptors (Lipinski definition) is 3. The molecule has 1 aliphatic heterocycles. The maximum atomic E-state index is 13.8. The fraction of sp³-hybridized carbons (Fsp3) is 0.625. The molecule has 170 valence electrons. The van der Waals surface area contributed by atoms with Gasteiger partial charge in [0.05, 0.1) is 0 Å². The first-order chi connectivity index (χ1) is 13.9. The van der Waals surface area contributed by atoms with E-state index >= 15 is 0 Å². The molecule has 0 N–H and O–H groups in total. The molecule has 0 aromatic heterocycles. The van der Waals surface area contributed by atoms with Crippen LogP contribution in [0.4, 0.5) is 13.6 Å². The van der Waals surface area contributed by atoms with E-state index in [1.54, 1.807) is 11.8 Å². The molecular formula is C24H38F2N2O2. The van der Waals surface area contributed by atoms with Gasteiger partial charge in [0.15, 0.2) is 0 Å². The van der Waals surface area contributed by atoms with Gasteiger partial charge in [-0.05, 0) is 60.5 Å². The lowest BCUT2D eigenvalue weighted by Gasteiger charge is -2.42. The van der Waals surface area contributed by atoms with Gasteiger partial charge in [0.2, 0.25) is 0 Å². The van der Waals surface area contributed by atoms with E-state index in [2.05, 4.69) is 4.90 Å². The molecule has 0 aromatic rings. The van der Waals surface area contributed by atoms with Crippen molar-refractivity contribution in [3.63, 3.8) is 0 Å². The van der Waals surface area contributed by atoms with Gasteiger partial charge in [-0.2, -0.15) is 0 Å². The van der Waals surface area contributed by atoms with Gasteiger partial charge in [-0.1, -0.05) is 31.2 Å². The van der Waals surface area contributed by atoms with Crippen molar-refractivity contribution >= 4 is 6.09 Å². The SMILES string of the molecule is C\C=C(C(/C(C)=C\C=C\CC)=C(/C)N1CCN(C(=O)OC(C)(C)C)C(C)C1)\C(F)F. The Balaban J connectivity index is 3.20. The summed E-state index contributed by atoms with van der Waals surface area (Å²) in [6, 6.07) is -0.0883. The summed E-state index contributed by atoms with van der Waals surface area (Å²) in [6.07, 6.45) is 5.27. The predicted octanol–water partition coefficient (Wildman–Crippen LogP) is 6.33. The molecule has 1 atom stereocenters. The van der Waals surface area contributed by atoms with Crippen molar-refractivity contribution in [1.82, 2.24) is 9.80 Å². The van der Waals surface area contributed by atoms with Crippen molar-refractivity contribution in [2.24, 2.45) is 0 Å². The number of hydrogen-bond donors (Lipinski definition) is 0. The molecular weight excluding hydrogens is 386 g/mol. The van der Waals surface area contributed by atoms with Crippen LogP contribution in [0.5, 0.6) is 0 Å². The number of nitrogens with zero attached hydrogens (tertiary/aromatic N) is 2. The number of piperazine rings is 1. The third-order valence-electron chi connectivity index (χ3n) is 5.04. The first kappa shape index (κ1) is 25.9. The van der Waals surface area contributed by atoms with Gasteiger partial charge in [0.25, 0.3) is 6.43 Å². The van der Waals surface area contributed by atoms with Crippen molar-refractivity contribution < 1.29 is 18.3 Å². The molecule has 30 heavy (non-hydrogen) atoms. The van der Waals surface area contributed by atoms with Crippen LogP contribution in [0.2, 0.25) is 0 Å². The van der Waals surface area contributed by atoms with Crippen molar-refractivity contribution in [2.75, 3.05) is 19.6 Å². The molecule has 1 unspecified atom stereocenters. The van der Waals surface area contributed by atoms with Gasteiger partial charge < -0.3 is 14.5 Å². The molecule has 0 aromatic carbocycles. The number of carbonyl (C=O) groups excluding carboxylic acids is 1. The maximum absolute atomic E-state index is 13.8. The molecule has 1 fully saturated rings. The largest absolute Gasteiger partial charge is 0.444 e. The second kappa shape index (κ2) is 11.3. The summed E-state index contributed by atoms with van der Waals surface area (Å²) in [7, 11) is 0. The minimum Gasteiger partial charge on any atom is -0.444 e. The zero-order valence-electron chi connectivity index (χ0n) is 19.8. The molecule has 6 heteroatoms. The zero-order valence-corrected chi connectivity index (χ0v) is 19.8. The standard InChI is InChI=1S/C24H38F2N2O2/c1-9-11-12-13-17(3)21(20(10-2)22(25)26)19(5)27-14-15-28(18(4)16-27)23(29)30-24(6,7)8/h10-13,18,22H,9,14-16H2,1-8H3/b12-11+,17-13-,20-10+,21-19-. The molecule has 1 aliphatic rings. The topological polar surface area (TPSA) is 32.8 Å². The van der Waals surface area contributed by atoms with Crippen LogP contribution >= 0.6 is 0 Å². The predicted molar refractivity (Wildman–Crippen MR) is 120 cm³/mol. The molecule has 1 heterocycles. The van der Waals surface area contributed by atoms with E-state index in [0.29, 0.717) is 25.2 Å². The van der Waals surface area contributed by atoms with E-state index in [-0.39, 0.29) is 17.7 Å². The summed E-state index contributed by atoms with van der Waals surface area (Å²) in [5.74, 6) is 0. The first-order valence-electron chi connectivity index (χ1n) is 10.7. The molecule has 1 amide bonds. The van der Waals surface area contributed by atoms with E-state index in [0.717, 1.165) is 17.7 Å². The highest BCUT2D eigenvalue weighted by atomic mass is 19.3. The Morgan fingerprint density at radius 3 is 2.33 bits per heavy atom. The highest BCUT2D eigenvalue weighted by molar-refractivity contribution is 5.68. The molecule has 0 aliphatic carbocycles. The fourth-order valence-corrected chi connectivity index (χ4v) is 3.55. The lowest BCUT2D eigenvalue weighted by atomic mass is 9.95. The third-order valence-corrected chi connectivity index (χ3v) is 5.04. The maximum Gasteiger partial charge on any atom is 0.410 e. The average Bonchev–Trinajstić information content (AvgIpc) is 2.63. The smallest absolute Gasteiger partial charge is 0.410 e. The first-order valence-corrected chi connectivity index (χ1v) is 10.7. The van der Waals surface area contributed by atoms with Crippen molar-refractivity contribution in [3.8, 4) is 0 Å². The van der Waals surface area contributed by atoms with Crippen LogP contribution in [0.1, 0.15) is 61.8 Å². The summed E-state index contributed by atoms with van der Waals surface area (Å²) in [6.45, 7) is 16.5. The van der Waals surface area contributed by atoms with Crippen LogP contribution in [0.3, 0.4) is 0 Å². The van der Waals surface area contributed by atoms with Gasteiger partial charge >= 0.3 is 6.09 Å². The van der Waals surface area contributed by atoms with Gasteiger partial charge in [-0.25, -0.2) is 13.6 Å². The van der Waals surface area contributed by atoms with E-state index in [4.69, 9.17) is 4.74 Å². The molecule has 0 saturated carbocycles. The Morgan fingerprint density at radius 1 is 1.23 bits per heavy atom. The van der Waals surface area contributed by atoms with Crippen molar-refractivity contribution in [3.05, 3.63) is 46.7 Å². The normalized spacial score (nSPS) is 20.2. The van der Waals surface area contributed by atoms with E-state index in [9.17, 15) is 13.6 Å². The molecule has 0 spiro atoms. The Hall–Kier alpha value is -2.11. The van der Waals surface area contributed by atoms with Crippen LogP contribution in [-0.2, 0) is 4.74 Å². The van der Waals surface area contributed by atoms with Crippen LogP contribution in [0, 0.1) is 0 Å². The number of halogens is 2. The van der Waals surface area contributed by atoms with Gasteiger partial charge in [-0.3, -0.25) is 0 Å². The Kier molecular flexibility index (Phi) is 9.79. The average molecular weight is 425 g/mol. The fourth-order valence-electron chi connectivity index (χ4n) is 3.55. The summed E-state index contributed by atoms with van der Waals surface area (Å²) in [5.41, 5.74) is 1.66. The lowest BCUT2D eigenvalue weighted by molar-refractivity contribution is 0.00491. The Morgan fingerprint density at radius 2 is 1.87 bits per heavy atom. The number of carbonyl (C=O) groups is 1. The summed E-state index contributed by atoms with van der Waals surface area (Å²) in [5, 5.41) is 0. The van der Waals surface area contributed by atoms with Crippen LogP contribution in [-0.4, -0.2) is 53.6 Å². The van der Waals surface area contributed by atoms with Crippen LogP contribution in [0.25, 0.3) is 0 Å². The second-order valence-electron chi connectivity index (χ2n) is 8.66. The Labute approximate surface area is 180 Å². The summed E-state index contributed by atoms with van der Waals surface area (Å²) < 4.78 is 33.1. The Bertz CT molecular complexity index is 715. The molecule has 0 radical (unpaired) electrons. The molecule has 0 bridgehead atoms. The van der Waals surface area contributed by atoms with E-state index < -0.39 is 12.0 Å². The van der Waals surface area contributed by atoms with E-state index in [1.807, 2.05) is 66.7 Å². The highest BCUT2D eigenvalue weighted by Gasteiger charge is 2.32. The summed E-state index contributed by atoms with van der Waals surface area (Å²) in [4.78, 5) is 16.3. The number of amides is 1. The highest BCUT2D eigenvalue weighted by Crippen LogP contribution is 2.31. The molecule has 1 rings (SSSR count). The molecule has 4 nitrogen and oxygen atoms in total. The lowest BCUT2D eigenvalue weighted by Crippen LogP contribution is -2.54. The molecule has 1 saturated heterocycles.